The van der Waals surface area contributed by atoms with Crippen molar-refractivity contribution < 1.29 is 24.3 Å². The second-order valence-corrected chi connectivity index (χ2v) is 9.24. The van der Waals surface area contributed by atoms with E-state index in [0.29, 0.717) is 0 Å². The lowest BCUT2D eigenvalue weighted by Gasteiger charge is -2.53. The molecule has 3 rings (SSSR count). The van der Waals surface area contributed by atoms with E-state index in [2.05, 4.69) is 22.0 Å². The number of hydrogen-bond donors (Lipinski definition) is 3. The Morgan fingerprint density at radius 1 is 1.64 bits per heavy atom. The highest BCUT2D eigenvalue weighted by Gasteiger charge is 2.57. The van der Waals surface area contributed by atoms with Crippen molar-refractivity contribution in [2.75, 3.05) is 25.1 Å². The van der Waals surface area contributed by atoms with Crippen molar-refractivity contribution in [1.29, 1.82) is 0 Å². The summed E-state index contributed by atoms with van der Waals surface area (Å²) in [6, 6.07) is -0.781. The molecule has 2 amide bonds. The summed E-state index contributed by atoms with van der Waals surface area (Å²) in [5.41, 5.74) is 5.75. The number of amides is 2. The molecule has 3 atom stereocenters. The molecule has 4 N–H and O–H groups in total. The van der Waals surface area contributed by atoms with Crippen molar-refractivity contribution in [1.82, 2.24) is 15.2 Å². The maximum Gasteiger partial charge on any atom is 0.322 e. The molecule has 2 aliphatic rings. The molecule has 1 aromatic rings. The van der Waals surface area contributed by atoms with Crippen LogP contribution >= 0.6 is 34.9 Å². The summed E-state index contributed by atoms with van der Waals surface area (Å²) in [5, 5.41) is 18.8. The number of carboxylic acids is 1. The van der Waals surface area contributed by atoms with E-state index in [0.717, 1.165) is 23.1 Å². The fraction of sp³-hybridized carbons (Fsp3) is 0.400. The Morgan fingerprint density at radius 2 is 2.39 bits per heavy atom. The number of thiazole rings is 1. The third-order valence-corrected chi connectivity index (χ3v) is 7.65. The number of β-lactam (4-membered cyclic amide) rings is 1. The lowest BCUT2D eigenvalue weighted by atomic mass is 10.0. The van der Waals surface area contributed by atoms with E-state index in [1.807, 2.05) is 0 Å². The summed E-state index contributed by atoms with van der Waals surface area (Å²) in [5.74, 6) is -1.70. The van der Waals surface area contributed by atoms with Crippen LogP contribution in [0.15, 0.2) is 22.5 Å². The second-order valence-electron chi connectivity index (χ2n) is 5.90. The zero-order valence-corrected chi connectivity index (χ0v) is 17.1. The number of oxime groups is 1. The van der Waals surface area contributed by atoms with E-state index < -0.39 is 22.7 Å². The molecule has 150 valence electrons. The average Bonchev–Trinajstić information content (AvgIpc) is 3.09. The molecule has 10 nitrogen and oxygen atoms in total. The van der Waals surface area contributed by atoms with E-state index >= 15 is 0 Å². The van der Waals surface area contributed by atoms with E-state index in [-0.39, 0.29) is 40.1 Å². The number of carbonyl (C=O) groups excluding carboxylic acids is 2. The molecule has 0 radical (unpaired) electrons. The zero-order valence-electron chi connectivity index (χ0n) is 14.7. The van der Waals surface area contributed by atoms with E-state index in [1.165, 1.54) is 29.2 Å². The Morgan fingerprint density at radius 3 is 2.96 bits per heavy atom. The quantitative estimate of drug-likeness (QED) is 0.305. The van der Waals surface area contributed by atoms with Gasteiger partial charge in [0.1, 0.15) is 29.0 Å². The number of rotatable bonds is 7. The maximum absolute atomic E-state index is 12.6. The van der Waals surface area contributed by atoms with Gasteiger partial charge in [0.15, 0.2) is 10.8 Å². The first kappa shape index (κ1) is 20.5. The molecule has 2 fully saturated rings. The summed E-state index contributed by atoms with van der Waals surface area (Å²) in [6.07, 6.45) is 0. The molecule has 13 heteroatoms. The molecule has 0 saturated carbocycles. The lowest BCUT2D eigenvalue weighted by Crippen LogP contribution is -2.74. The number of nitrogen functional groups attached to an aromatic ring is 1. The Bertz CT molecular complexity index is 859. The van der Waals surface area contributed by atoms with Crippen LogP contribution in [-0.2, 0) is 19.2 Å². The Balaban J connectivity index is 1.71. The SMILES string of the molecule is C=CSC1(C(=O)O)CS[C@@H]2C(NC(=O)C(=NOC)c3csc(N)n3)C(=O)N2C1. The van der Waals surface area contributed by atoms with Crippen molar-refractivity contribution >= 4 is 63.5 Å². The summed E-state index contributed by atoms with van der Waals surface area (Å²) in [7, 11) is 1.29. The molecule has 2 saturated heterocycles. The van der Waals surface area contributed by atoms with Gasteiger partial charge in [-0.25, -0.2) is 4.98 Å². The normalized spacial score (nSPS) is 26.8. The predicted octanol–water partition coefficient (Wildman–Crippen LogP) is 0.176. The van der Waals surface area contributed by atoms with Crippen LogP contribution in [0.2, 0.25) is 0 Å². The third kappa shape index (κ3) is 3.56. The standard InChI is InChI=1S/C15H17N5O5S3/c1-3-28-15(13(23)24)5-20-11(22)9(12(20)27-6-15)18-10(21)8(19-25-2)7-4-26-14(16)17-7/h3-4,9,12H,1,5-6H2,2H3,(H2,16,17)(H,18,21)(H,23,24)/t9?,12-,15?/m1/s1. The summed E-state index contributed by atoms with van der Waals surface area (Å²) in [6.45, 7) is 3.62. The minimum Gasteiger partial charge on any atom is -0.480 e. The van der Waals surface area contributed by atoms with Gasteiger partial charge in [0.05, 0.1) is 0 Å². The average molecular weight is 444 g/mol. The molecular weight excluding hydrogens is 426 g/mol. The number of thioether (sulfide) groups is 2. The largest absolute Gasteiger partial charge is 0.480 e. The van der Waals surface area contributed by atoms with Crippen LogP contribution in [0.5, 0.6) is 0 Å². The molecule has 2 aliphatic heterocycles. The van der Waals surface area contributed by atoms with Crippen molar-refractivity contribution in [3.05, 3.63) is 23.1 Å². The van der Waals surface area contributed by atoms with Gasteiger partial charge in [-0.2, -0.15) is 0 Å². The molecule has 0 aliphatic carbocycles. The first-order valence-corrected chi connectivity index (χ1v) is 10.7. The number of fused-ring (bicyclic) bond motifs is 1. The molecular formula is C15H17N5O5S3. The van der Waals surface area contributed by atoms with Gasteiger partial charge in [0.2, 0.25) is 5.91 Å². The van der Waals surface area contributed by atoms with Gasteiger partial charge >= 0.3 is 5.97 Å². The van der Waals surface area contributed by atoms with Crippen LogP contribution < -0.4 is 11.1 Å². The molecule has 0 bridgehead atoms. The van der Waals surface area contributed by atoms with Crippen molar-refractivity contribution in [3.63, 3.8) is 0 Å². The number of nitrogens with one attached hydrogen (secondary N) is 1. The highest BCUT2D eigenvalue weighted by molar-refractivity contribution is 8.06. The monoisotopic (exact) mass is 443 g/mol. The summed E-state index contributed by atoms with van der Waals surface area (Å²) in [4.78, 5) is 47.0. The van der Waals surface area contributed by atoms with E-state index in [1.54, 1.807) is 5.38 Å². The van der Waals surface area contributed by atoms with Crippen LogP contribution in [0.3, 0.4) is 0 Å². The number of aliphatic carboxylic acids is 1. The second kappa shape index (κ2) is 8.01. The zero-order chi connectivity index (χ0) is 20.5. The van der Waals surface area contributed by atoms with Gasteiger partial charge in [0.25, 0.3) is 5.91 Å². The topological polar surface area (TPSA) is 147 Å². The number of nitrogens with two attached hydrogens (primary N) is 1. The number of carbonyl (C=O) groups is 3. The number of carboxylic acid groups (broad SMARTS) is 1. The Labute approximate surface area is 172 Å². The Kier molecular flexibility index (Phi) is 5.86. The highest BCUT2D eigenvalue weighted by Crippen LogP contribution is 2.44. The molecule has 3 heterocycles. The minimum atomic E-state index is -1.14. The van der Waals surface area contributed by atoms with Crippen LogP contribution in [-0.4, -0.2) is 74.1 Å². The number of hydrogen-bond acceptors (Lipinski definition) is 10. The molecule has 0 spiro atoms. The fourth-order valence-electron chi connectivity index (χ4n) is 2.86. The number of anilines is 1. The summed E-state index contributed by atoms with van der Waals surface area (Å²) >= 11 is 3.53. The first-order valence-electron chi connectivity index (χ1n) is 7.90. The van der Waals surface area contributed by atoms with Crippen molar-refractivity contribution in [3.8, 4) is 0 Å². The molecule has 0 aromatic carbocycles. The lowest BCUT2D eigenvalue weighted by molar-refractivity contribution is -0.151. The van der Waals surface area contributed by atoms with Crippen molar-refractivity contribution in [2.24, 2.45) is 5.16 Å². The number of aromatic nitrogens is 1. The minimum absolute atomic E-state index is 0.0452. The highest BCUT2D eigenvalue weighted by atomic mass is 32.2. The van der Waals surface area contributed by atoms with Gasteiger partial charge in [-0.05, 0) is 5.41 Å². The van der Waals surface area contributed by atoms with Crippen LogP contribution in [0, 0.1) is 0 Å². The van der Waals surface area contributed by atoms with Gasteiger partial charge in [-0.15, -0.1) is 34.9 Å². The predicted molar refractivity (Wildman–Crippen MR) is 108 cm³/mol. The van der Waals surface area contributed by atoms with Crippen LogP contribution in [0.25, 0.3) is 0 Å². The molecule has 2 unspecified atom stereocenters. The third-order valence-electron chi connectivity index (χ3n) is 4.20. The first-order chi connectivity index (χ1) is 13.3. The summed E-state index contributed by atoms with van der Waals surface area (Å²) < 4.78 is -1.14. The fourth-order valence-corrected chi connectivity index (χ4v) is 5.91. The number of nitrogens with zero attached hydrogens (tertiary/aromatic N) is 3. The Hall–Kier alpha value is -2.25. The van der Waals surface area contributed by atoms with Gasteiger partial charge in [-0.1, -0.05) is 11.7 Å². The van der Waals surface area contributed by atoms with Gasteiger partial charge in [-0.3, -0.25) is 14.4 Å². The van der Waals surface area contributed by atoms with Gasteiger partial charge < -0.3 is 25.9 Å². The van der Waals surface area contributed by atoms with Crippen molar-refractivity contribution in [2.45, 2.75) is 16.2 Å². The molecule has 28 heavy (non-hydrogen) atoms. The van der Waals surface area contributed by atoms with Crippen LogP contribution in [0.1, 0.15) is 5.69 Å². The maximum atomic E-state index is 12.6. The smallest absolute Gasteiger partial charge is 0.322 e. The van der Waals surface area contributed by atoms with Gasteiger partial charge in [0, 0.05) is 17.7 Å². The molecule has 1 aromatic heterocycles. The van der Waals surface area contributed by atoms with Crippen LogP contribution in [0.4, 0.5) is 5.13 Å². The van der Waals surface area contributed by atoms with E-state index in [4.69, 9.17) is 10.6 Å². The van der Waals surface area contributed by atoms with E-state index in [9.17, 15) is 19.5 Å².